The maximum atomic E-state index is 12.4. The van der Waals surface area contributed by atoms with E-state index in [1.54, 1.807) is 31.2 Å². The summed E-state index contributed by atoms with van der Waals surface area (Å²) in [5.74, 6) is -0.589. The van der Waals surface area contributed by atoms with Gasteiger partial charge in [0.25, 0.3) is 5.91 Å². The Morgan fingerprint density at radius 3 is 2.46 bits per heavy atom. The molecule has 136 valence electrons. The van der Waals surface area contributed by atoms with Crippen LogP contribution >= 0.6 is 0 Å². The molecule has 2 aromatic carbocycles. The third-order valence-electron chi connectivity index (χ3n) is 4.45. The molecular formula is C21H24N2O3. The van der Waals surface area contributed by atoms with Crippen molar-refractivity contribution in [3.63, 3.8) is 0 Å². The molecule has 26 heavy (non-hydrogen) atoms. The summed E-state index contributed by atoms with van der Waals surface area (Å²) >= 11 is 0. The van der Waals surface area contributed by atoms with E-state index in [4.69, 9.17) is 4.74 Å². The molecule has 0 spiro atoms. The van der Waals surface area contributed by atoms with E-state index in [-0.39, 0.29) is 5.91 Å². The molecule has 0 aromatic heterocycles. The van der Waals surface area contributed by atoms with Gasteiger partial charge in [0, 0.05) is 17.8 Å². The second-order valence-corrected chi connectivity index (χ2v) is 6.44. The van der Waals surface area contributed by atoms with Gasteiger partial charge in [-0.15, -0.1) is 0 Å². The van der Waals surface area contributed by atoms with Crippen molar-refractivity contribution in [1.29, 1.82) is 0 Å². The van der Waals surface area contributed by atoms with Crippen molar-refractivity contribution in [3.8, 4) is 0 Å². The first kappa shape index (κ1) is 18.1. The van der Waals surface area contributed by atoms with E-state index >= 15 is 0 Å². The van der Waals surface area contributed by atoms with Crippen LogP contribution in [0.25, 0.3) is 0 Å². The van der Waals surface area contributed by atoms with Gasteiger partial charge in [-0.3, -0.25) is 9.69 Å². The molecule has 0 aliphatic carbocycles. The zero-order chi connectivity index (χ0) is 18.4. The second kappa shape index (κ2) is 8.63. The number of carbonyl (C=O) groups excluding carboxylic acids is 2. The summed E-state index contributed by atoms with van der Waals surface area (Å²) in [5.41, 5.74) is 2.80. The number of esters is 1. The van der Waals surface area contributed by atoms with Gasteiger partial charge in [0.15, 0.2) is 0 Å². The Balaban J connectivity index is 1.62. The van der Waals surface area contributed by atoms with Gasteiger partial charge in [0.1, 0.15) is 0 Å². The Morgan fingerprint density at radius 1 is 1.04 bits per heavy atom. The SMILES string of the molecule is CCOC(=O)c1cccc(NC(=O)c2ccc(CN3CCCC3)cc2)c1. The molecule has 1 aliphatic heterocycles. The molecule has 0 saturated carbocycles. The average molecular weight is 352 g/mol. The highest BCUT2D eigenvalue weighted by atomic mass is 16.5. The molecule has 5 heteroatoms. The summed E-state index contributed by atoms with van der Waals surface area (Å²) < 4.78 is 4.98. The van der Waals surface area contributed by atoms with Crippen LogP contribution in [0.3, 0.4) is 0 Å². The van der Waals surface area contributed by atoms with Gasteiger partial charge in [0.2, 0.25) is 0 Å². The lowest BCUT2D eigenvalue weighted by atomic mass is 10.1. The van der Waals surface area contributed by atoms with Crippen LogP contribution in [-0.2, 0) is 11.3 Å². The number of hydrogen-bond acceptors (Lipinski definition) is 4. The van der Waals surface area contributed by atoms with E-state index in [1.165, 1.54) is 18.4 Å². The van der Waals surface area contributed by atoms with E-state index in [1.807, 2.05) is 24.3 Å². The lowest BCUT2D eigenvalue weighted by Crippen LogP contribution is -2.18. The predicted octanol–water partition coefficient (Wildman–Crippen LogP) is 3.71. The zero-order valence-corrected chi connectivity index (χ0v) is 15.0. The highest BCUT2D eigenvalue weighted by Crippen LogP contribution is 2.16. The van der Waals surface area contributed by atoms with Gasteiger partial charge in [-0.1, -0.05) is 18.2 Å². The fourth-order valence-electron chi connectivity index (χ4n) is 3.10. The van der Waals surface area contributed by atoms with Crippen molar-refractivity contribution >= 4 is 17.6 Å². The monoisotopic (exact) mass is 352 g/mol. The second-order valence-electron chi connectivity index (χ2n) is 6.44. The van der Waals surface area contributed by atoms with Crippen LogP contribution in [0, 0.1) is 0 Å². The molecule has 0 radical (unpaired) electrons. The van der Waals surface area contributed by atoms with Gasteiger partial charge < -0.3 is 10.1 Å². The molecule has 0 unspecified atom stereocenters. The number of carbonyl (C=O) groups is 2. The minimum absolute atomic E-state index is 0.196. The van der Waals surface area contributed by atoms with E-state index in [2.05, 4.69) is 10.2 Å². The minimum Gasteiger partial charge on any atom is -0.462 e. The zero-order valence-electron chi connectivity index (χ0n) is 15.0. The Morgan fingerprint density at radius 2 is 1.77 bits per heavy atom. The van der Waals surface area contributed by atoms with Gasteiger partial charge >= 0.3 is 5.97 Å². The van der Waals surface area contributed by atoms with Crippen LogP contribution in [0.15, 0.2) is 48.5 Å². The van der Waals surface area contributed by atoms with Gasteiger partial charge in [-0.05, 0) is 68.8 Å². The van der Waals surface area contributed by atoms with Gasteiger partial charge in [-0.25, -0.2) is 4.79 Å². The molecule has 1 amide bonds. The first-order chi connectivity index (χ1) is 12.7. The highest BCUT2D eigenvalue weighted by Gasteiger charge is 2.13. The molecule has 1 aliphatic rings. The molecule has 2 aromatic rings. The normalized spacial score (nSPS) is 14.2. The van der Waals surface area contributed by atoms with Crippen molar-refractivity contribution in [2.24, 2.45) is 0 Å². The average Bonchev–Trinajstić information content (AvgIpc) is 3.16. The fraction of sp³-hybridized carbons (Fsp3) is 0.333. The Kier molecular flexibility index (Phi) is 6.02. The number of benzene rings is 2. The molecule has 1 saturated heterocycles. The number of anilines is 1. The first-order valence-electron chi connectivity index (χ1n) is 9.05. The maximum absolute atomic E-state index is 12.4. The Labute approximate surface area is 154 Å². The Bertz CT molecular complexity index is 765. The topological polar surface area (TPSA) is 58.6 Å². The minimum atomic E-state index is -0.394. The number of nitrogens with zero attached hydrogens (tertiary/aromatic N) is 1. The van der Waals surface area contributed by atoms with Crippen LogP contribution < -0.4 is 5.32 Å². The summed E-state index contributed by atoms with van der Waals surface area (Å²) in [5, 5.41) is 2.83. The van der Waals surface area contributed by atoms with Crippen molar-refractivity contribution in [3.05, 3.63) is 65.2 Å². The lowest BCUT2D eigenvalue weighted by Gasteiger charge is -2.14. The largest absolute Gasteiger partial charge is 0.462 e. The van der Waals surface area contributed by atoms with E-state index < -0.39 is 5.97 Å². The number of nitrogens with one attached hydrogen (secondary N) is 1. The molecule has 0 bridgehead atoms. The number of ether oxygens (including phenoxy) is 1. The van der Waals surface area contributed by atoms with Crippen molar-refractivity contribution in [2.45, 2.75) is 26.3 Å². The summed E-state index contributed by atoms with van der Waals surface area (Å²) in [6.45, 7) is 5.32. The van der Waals surface area contributed by atoms with Gasteiger partial charge in [0.05, 0.1) is 12.2 Å². The number of likely N-dealkylation sites (tertiary alicyclic amines) is 1. The molecule has 1 fully saturated rings. The smallest absolute Gasteiger partial charge is 0.338 e. The highest BCUT2D eigenvalue weighted by molar-refractivity contribution is 6.04. The summed E-state index contributed by atoms with van der Waals surface area (Å²) in [7, 11) is 0. The third kappa shape index (κ3) is 4.70. The summed E-state index contributed by atoms with van der Waals surface area (Å²) in [6, 6.07) is 14.5. The van der Waals surface area contributed by atoms with Crippen molar-refractivity contribution < 1.29 is 14.3 Å². The number of rotatable bonds is 6. The van der Waals surface area contributed by atoms with E-state index in [0.717, 1.165) is 19.6 Å². The standard InChI is InChI=1S/C21H24N2O3/c1-2-26-21(25)18-6-5-7-19(14-18)22-20(24)17-10-8-16(9-11-17)15-23-12-3-4-13-23/h5-11,14H,2-4,12-13,15H2,1H3,(H,22,24). The van der Waals surface area contributed by atoms with Crippen LogP contribution in [0.5, 0.6) is 0 Å². The van der Waals surface area contributed by atoms with E-state index in [0.29, 0.717) is 23.4 Å². The van der Waals surface area contributed by atoms with Crippen LogP contribution in [0.1, 0.15) is 46.0 Å². The molecule has 0 atom stereocenters. The predicted molar refractivity (Wildman–Crippen MR) is 101 cm³/mol. The van der Waals surface area contributed by atoms with E-state index in [9.17, 15) is 9.59 Å². The van der Waals surface area contributed by atoms with Crippen LogP contribution in [0.4, 0.5) is 5.69 Å². The van der Waals surface area contributed by atoms with Crippen LogP contribution in [-0.4, -0.2) is 36.5 Å². The molecule has 1 N–H and O–H groups in total. The summed E-state index contributed by atoms with van der Waals surface area (Å²) in [4.78, 5) is 26.7. The number of amides is 1. The fourth-order valence-corrected chi connectivity index (χ4v) is 3.10. The quantitative estimate of drug-likeness (QED) is 0.805. The van der Waals surface area contributed by atoms with Crippen molar-refractivity contribution in [1.82, 2.24) is 4.90 Å². The van der Waals surface area contributed by atoms with Gasteiger partial charge in [-0.2, -0.15) is 0 Å². The Hall–Kier alpha value is -2.66. The first-order valence-corrected chi connectivity index (χ1v) is 9.05. The molecular weight excluding hydrogens is 328 g/mol. The van der Waals surface area contributed by atoms with Crippen molar-refractivity contribution in [2.75, 3.05) is 25.0 Å². The van der Waals surface area contributed by atoms with Crippen LogP contribution in [0.2, 0.25) is 0 Å². The molecule has 1 heterocycles. The molecule has 3 rings (SSSR count). The molecule has 5 nitrogen and oxygen atoms in total. The lowest BCUT2D eigenvalue weighted by molar-refractivity contribution is 0.0526. The third-order valence-corrected chi connectivity index (χ3v) is 4.45. The summed E-state index contributed by atoms with van der Waals surface area (Å²) in [6.07, 6.45) is 2.54. The number of hydrogen-bond donors (Lipinski definition) is 1. The maximum Gasteiger partial charge on any atom is 0.338 e.